The van der Waals surface area contributed by atoms with E-state index in [1.165, 1.54) is 24.3 Å². The Morgan fingerprint density at radius 3 is 2.37 bits per heavy atom. The molecule has 5 nitrogen and oxygen atoms in total. The average molecular weight is 403 g/mol. The van der Waals surface area contributed by atoms with Crippen molar-refractivity contribution < 1.29 is 13.2 Å². The molecular formula is C20H19ClN2O3S. The maximum absolute atomic E-state index is 12.7. The van der Waals surface area contributed by atoms with Crippen LogP contribution in [-0.2, 0) is 14.8 Å². The first-order valence-electron chi connectivity index (χ1n) is 8.47. The molecule has 3 rings (SSSR count). The highest BCUT2D eigenvalue weighted by atomic mass is 35.5. The van der Waals surface area contributed by atoms with Crippen molar-refractivity contribution in [3.8, 4) is 0 Å². The van der Waals surface area contributed by atoms with Gasteiger partial charge in [-0.3, -0.25) is 4.79 Å². The van der Waals surface area contributed by atoms with Gasteiger partial charge in [0.25, 0.3) is 0 Å². The molecule has 0 aliphatic rings. The summed E-state index contributed by atoms with van der Waals surface area (Å²) >= 11 is 5.80. The van der Waals surface area contributed by atoms with E-state index < -0.39 is 22.0 Å². The highest BCUT2D eigenvalue weighted by molar-refractivity contribution is 7.89. The number of anilines is 1. The van der Waals surface area contributed by atoms with Crippen molar-refractivity contribution in [1.29, 1.82) is 0 Å². The van der Waals surface area contributed by atoms with Crippen LogP contribution in [0.5, 0.6) is 0 Å². The van der Waals surface area contributed by atoms with Crippen molar-refractivity contribution in [2.45, 2.75) is 24.3 Å². The largest absolute Gasteiger partial charge is 0.324 e. The van der Waals surface area contributed by atoms with E-state index in [1.54, 1.807) is 13.0 Å². The molecule has 0 heterocycles. The number of carbonyl (C=O) groups excluding carboxylic acids is 1. The number of nitrogens with one attached hydrogen (secondary N) is 2. The van der Waals surface area contributed by atoms with E-state index in [2.05, 4.69) is 10.0 Å². The molecule has 0 spiro atoms. The molecule has 7 heteroatoms. The van der Waals surface area contributed by atoms with Crippen molar-refractivity contribution in [3.05, 3.63) is 71.8 Å². The third-order valence-electron chi connectivity index (χ3n) is 4.19. The van der Waals surface area contributed by atoms with Crippen LogP contribution in [0.15, 0.2) is 71.6 Å². The third-order valence-corrected chi connectivity index (χ3v) is 5.93. The Kier molecular flexibility index (Phi) is 5.79. The Morgan fingerprint density at radius 1 is 1.00 bits per heavy atom. The smallest absolute Gasteiger partial charge is 0.242 e. The Morgan fingerprint density at radius 2 is 1.67 bits per heavy atom. The van der Waals surface area contributed by atoms with Gasteiger partial charge in [-0.1, -0.05) is 54.9 Å². The summed E-state index contributed by atoms with van der Waals surface area (Å²) in [4.78, 5) is 12.7. The van der Waals surface area contributed by atoms with Crippen molar-refractivity contribution in [1.82, 2.24) is 4.72 Å². The van der Waals surface area contributed by atoms with Gasteiger partial charge in [0.2, 0.25) is 15.9 Å². The van der Waals surface area contributed by atoms with Gasteiger partial charge in [0, 0.05) is 16.1 Å². The summed E-state index contributed by atoms with van der Waals surface area (Å²) in [6, 6.07) is 18.1. The summed E-state index contributed by atoms with van der Waals surface area (Å²) < 4.78 is 27.6. The zero-order valence-electron chi connectivity index (χ0n) is 14.6. The number of hydrogen-bond acceptors (Lipinski definition) is 3. The molecule has 0 aliphatic carbocycles. The molecule has 0 fully saturated rings. The lowest BCUT2D eigenvalue weighted by Crippen LogP contribution is -2.43. The van der Waals surface area contributed by atoms with Crippen LogP contribution in [0.1, 0.15) is 13.3 Å². The van der Waals surface area contributed by atoms with Crippen molar-refractivity contribution in [2.24, 2.45) is 0 Å². The fraction of sp³-hybridized carbons (Fsp3) is 0.150. The van der Waals surface area contributed by atoms with Gasteiger partial charge in [0.05, 0.1) is 4.90 Å². The molecule has 1 unspecified atom stereocenters. The number of halogens is 1. The lowest BCUT2D eigenvalue weighted by molar-refractivity contribution is -0.117. The molecule has 0 bridgehead atoms. The standard InChI is InChI=1S/C20H19ClN2O3S/c1-2-18(23-27(25,26)16-12-10-15(21)11-13-16)20(24)22-19-9-5-7-14-6-3-4-8-17(14)19/h3-13,18,23H,2H2,1H3,(H,22,24). The Labute approximate surface area is 163 Å². The molecule has 1 atom stereocenters. The van der Waals surface area contributed by atoms with E-state index >= 15 is 0 Å². The highest BCUT2D eigenvalue weighted by Gasteiger charge is 2.24. The van der Waals surface area contributed by atoms with Crippen LogP contribution in [0.4, 0.5) is 5.69 Å². The van der Waals surface area contributed by atoms with Crippen LogP contribution >= 0.6 is 11.6 Å². The predicted octanol–water partition coefficient (Wildman–Crippen LogP) is 4.19. The van der Waals surface area contributed by atoms with E-state index in [0.717, 1.165) is 10.8 Å². The van der Waals surface area contributed by atoms with Gasteiger partial charge in [-0.25, -0.2) is 8.42 Å². The minimum absolute atomic E-state index is 0.0586. The lowest BCUT2D eigenvalue weighted by atomic mass is 10.1. The normalized spacial score (nSPS) is 12.7. The van der Waals surface area contributed by atoms with Crippen molar-refractivity contribution in [2.75, 3.05) is 5.32 Å². The predicted molar refractivity (Wildman–Crippen MR) is 108 cm³/mol. The minimum atomic E-state index is -3.84. The van der Waals surface area contributed by atoms with Gasteiger partial charge >= 0.3 is 0 Å². The zero-order valence-corrected chi connectivity index (χ0v) is 16.2. The topological polar surface area (TPSA) is 75.3 Å². The minimum Gasteiger partial charge on any atom is -0.324 e. The maximum atomic E-state index is 12.7. The molecule has 3 aromatic rings. The molecule has 0 saturated carbocycles. The van der Waals surface area contributed by atoms with Crippen molar-refractivity contribution >= 4 is 44.0 Å². The highest BCUT2D eigenvalue weighted by Crippen LogP contribution is 2.23. The molecule has 0 saturated heterocycles. The molecule has 27 heavy (non-hydrogen) atoms. The Bertz CT molecular complexity index is 1060. The van der Waals surface area contributed by atoms with Crippen LogP contribution in [0, 0.1) is 0 Å². The van der Waals surface area contributed by atoms with E-state index in [-0.39, 0.29) is 4.90 Å². The second kappa shape index (κ2) is 8.08. The summed E-state index contributed by atoms with van der Waals surface area (Å²) in [5, 5.41) is 5.15. The fourth-order valence-corrected chi connectivity index (χ4v) is 4.15. The van der Waals surface area contributed by atoms with Crippen molar-refractivity contribution in [3.63, 3.8) is 0 Å². The van der Waals surface area contributed by atoms with Crippen LogP contribution in [0.25, 0.3) is 10.8 Å². The number of amides is 1. The molecular weight excluding hydrogens is 384 g/mol. The number of hydrogen-bond donors (Lipinski definition) is 2. The van der Waals surface area contributed by atoms with Gasteiger partial charge < -0.3 is 5.32 Å². The second-order valence-electron chi connectivity index (χ2n) is 6.05. The van der Waals surface area contributed by atoms with Gasteiger partial charge in [-0.15, -0.1) is 0 Å². The van der Waals surface area contributed by atoms with E-state index in [4.69, 9.17) is 11.6 Å². The zero-order chi connectivity index (χ0) is 19.4. The summed E-state index contributed by atoms with van der Waals surface area (Å²) in [6.07, 6.45) is 0.309. The second-order valence-corrected chi connectivity index (χ2v) is 8.20. The first-order chi connectivity index (χ1) is 12.9. The van der Waals surface area contributed by atoms with Crippen LogP contribution in [-0.4, -0.2) is 20.4 Å². The molecule has 1 amide bonds. The monoisotopic (exact) mass is 402 g/mol. The quantitative estimate of drug-likeness (QED) is 0.649. The van der Waals surface area contributed by atoms with Crippen LogP contribution in [0.3, 0.4) is 0 Å². The first kappa shape index (κ1) is 19.4. The Balaban J connectivity index is 1.80. The molecule has 3 aromatic carbocycles. The average Bonchev–Trinajstić information content (AvgIpc) is 2.66. The summed E-state index contributed by atoms with van der Waals surface area (Å²) in [5.74, 6) is -0.411. The third kappa shape index (κ3) is 4.47. The molecule has 2 N–H and O–H groups in total. The molecule has 0 aliphatic heterocycles. The molecule has 0 aromatic heterocycles. The van der Waals surface area contributed by atoms with Gasteiger partial charge in [0.1, 0.15) is 6.04 Å². The molecule has 140 valence electrons. The van der Waals surface area contributed by atoms with E-state index in [9.17, 15) is 13.2 Å². The summed E-state index contributed by atoms with van der Waals surface area (Å²) in [6.45, 7) is 1.75. The lowest BCUT2D eigenvalue weighted by Gasteiger charge is -2.18. The van der Waals surface area contributed by atoms with E-state index in [1.807, 2.05) is 36.4 Å². The number of carbonyl (C=O) groups is 1. The summed E-state index contributed by atoms with van der Waals surface area (Å²) in [7, 11) is -3.84. The van der Waals surface area contributed by atoms with Gasteiger partial charge in [-0.05, 0) is 42.1 Å². The number of benzene rings is 3. The number of sulfonamides is 1. The van der Waals surface area contributed by atoms with E-state index in [0.29, 0.717) is 17.1 Å². The molecule has 0 radical (unpaired) electrons. The van der Waals surface area contributed by atoms with Gasteiger partial charge in [0.15, 0.2) is 0 Å². The van der Waals surface area contributed by atoms with Crippen LogP contribution in [0.2, 0.25) is 5.02 Å². The number of fused-ring (bicyclic) bond motifs is 1. The summed E-state index contributed by atoms with van der Waals surface area (Å²) in [5.41, 5.74) is 0.641. The fourth-order valence-electron chi connectivity index (χ4n) is 2.75. The maximum Gasteiger partial charge on any atom is 0.242 e. The van der Waals surface area contributed by atoms with Crippen LogP contribution < -0.4 is 10.0 Å². The SMILES string of the molecule is CCC(NS(=O)(=O)c1ccc(Cl)cc1)C(=O)Nc1cccc2ccccc12. The first-order valence-corrected chi connectivity index (χ1v) is 10.3. The Hall–Kier alpha value is -2.41. The van der Waals surface area contributed by atoms with Gasteiger partial charge in [-0.2, -0.15) is 4.72 Å². The number of rotatable bonds is 6.